The molecule has 0 heterocycles. The average Bonchev–Trinajstić information content (AvgIpc) is 2.12. The molecule has 0 radical (unpaired) electrons. The van der Waals surface area contributed by atoms with E-state index >= 15 is 0 Å². The molecule has 13 heavy (non-hydrogen) atoms. The standard InChI is InChI=1S/C10H5ClFN/c11-9-7-8(3-1-2-6-13)4-5-10(9)12/h4-5,7H,2H2. The molecule has 0 aliphatic carbocycles. The van der Waals surface area contributed by atoms with E-state index in [9.17, 15) is 4.39 Å². The van der Waals surface area contributed by atoms with E-state index in [1.807, 2.05) is 6.07 Å². The second-order valence-corrected chi connectivity index (χ2v) is 2.67. The lowest BCUT2D eigenvalue weighted by Crippen LogP contribution is -1.79. The van der Waals surface area contributed by atoms with Gasteiger partial charge in [0.2, 0.25) is 0 Å². The summed E-state index contributed by atoms with van der Waals surface area (Å²) in [4.78, 5) is 0. The predicted molar refractivity (Wildman–Crippen MR) is 48.5 cm³/mol. The molecule has 0 aromatic heterocycles. The highest BCUT2D eigenvalue weighted by Crippen LogP contribution is 2.15. The van der Waals surface area contributed by atoms with E-state index < -0.39 is 5.82 Å². The highest BCUT2D eigenvalue weighted by atomic mass is 35.5. The van der Waals surface area contributed by atoms with Crippen LogP contribution in [0, 0.1) is 29.0 Å². The first-order valence-electron chi connectivity index (χ1n) is 3.55. The van der Waals surface area contributed by atoms with Crippen LogP contribution in [-0.2, 0) is 0 Å². The first-order valence-corrected chi connectivity index (χ1v) is 3.92. The molecule has 1 nitrogen and oxygen atoms in total. The maximum Gasteiger partial charge on any atom is 0.141 e. The van der Waals surface area contributed by atoms with Crippen LogP contribution in [0.5, 0.6) is 0 Å². The molecule has 0 fully saturated rings. The van der Waals surface area contributed by atoms with Crippen LogP contribution in [0.2, 0.25) is 5.02 Å². The molecule has 0 spiro atoms. The maximum atomic E-state index is 12.7. The van der Waals surface area contributed by atoms with Crippen molar-refractivity contribution in [1.29, 1.82) is 5.26 Å². The van der Waals surface area contributed by atoms with E-state index in [-0.39, 0.29) is 11.4 Å². The molecule has 3 heteroatoms. The molecule has 0 aliphatic heterocycles. The number of halogens is 2. The molecule has 64 valence electrons. The van der Waals surface area contributed by atoms with Gasteiger partial charge in [0.1, 0.15) is 5.82 Å². The fourth-order valence-electron chi connectivity index (χ4n) is 0.760. The van der Waals surface area contributed by atoms with Gasteiger partial charge in [-0.1, -0.05) is 23.4 Å². The van der Waals surface area contributed by atoms with Crippen LogP contribution in [0.1, 0.15) is 12.0 Å². The van der Waals surface area contributed by atoms with Crippen LogP contribution >= 0.6 is 11.6 Å². The van der Waals surface area contributed by atoms with Gasteiger partial charge in [0, 0.05) is 5.56 Å². The van der Waals surface area contributed by atoms with Crippen molar-refractivity contribution in [3.8, 4) is 17.9 Å². The number of hydrogen-bond acceptors (Lipinski definition) is 1. The molecule has 0 bridgehead atoms. The highest BCUT2D eigenvalue weighted by Gasteiger charge is 1.97. The van der Waals surface area contributed by atoms with Gasteiger partial charge in [-0.25, -0.2) is 4.39 Å². The van der Waals surface area contributed by atoms with Gasteiger partial charge in [0.25, 0.3) is 0 Å². The van der Waals surface area contributed by atoms with Crippen LogP contribution in [0.15, 0.2) is 18.2 Å². The Bertz CT molecular complexity index is 409. The zero-order valence-electron chi connectivity index (χ0n) is 6.64. The Labute approximate surface area is 80.8 Å². The van der Waals surface area contributed by atoms with E-state index in [0.29, 0.717) is 5.56 Å². The Morgan fingerprint density at radius 1 is 1.46 bits per heavy atom. The molecule has 0 saturated heterocycles. The van der Waals surface area contributed by atoms with Gasteiger partial charge < -0.3 is 0 Å². The normalized spacial score (nSPS) is 8.38. The fraction of sp³-hybridized carbons (Fsp3) is 0.100. The summed E-state index contributed by atoms with van der Waals surface area (Å²) >= 11 is 5.52. The second kappa shape index (κ2) is 4.50. The zero-order valence-corrected chi connectivity index (χ0v) is 7.40. The Hall–Kier alpha value is -1.51. The summed E-state index contributed by atoms with van der Waals surface area (Å²) in [5.74, 6) is 4.83. The third kappa shape index (κ3) is 2.78. The zero-order chi connectivity index (χ0) is 9.68. The van der Waals surface area contributed by atoms with Crippen molar-refractivity contribution in [3.63, 3.8) is 0 Å². The fourth-order valence-corrected chi connectivity index (χ4v) is 0.940. The number of nitrogens with zero attached hydrogens (tertiary/aromatic N) is 1. The summed E-state index contributed by atoms with van der Waals surface area (Å²) in [6.07, 6.45) is 0.162. The van der Waals surface area contributed by atoms with E-state index in [1.165, 1.54) is 18.2 Å². The Kier molecular flexibility index (Phi) is 3.31. The van der Waals surface area contributed by atoms with E-state index in [4.69, 9.17) is 16.9 Å². The molecular weight excluding hydrogens is 189 g/mol. The highest BCUT2D eigenvalue weighted by molar-refractivity contribution is 6.30. The minimum atomic E-state index is -0.465. The van der Waals surface area contributed by atoms with E-state index in [1.54, 1.807) is 0 Å². The average molecular weight is 194 g/mol. The van der Waals surface area contributed by atoms with Gasteiger partial charge in [-0.05, 0) is 18.2 Å². The van der Waals surface area contributed by atoms with Crippen LogP contribution in [-0.4, -0.2) is 0 Å². The van der Waals surface area contributed by atoms with Crippen molar-refractivity contribution in [2.24, 2.45) is 0 Å². The molecular formula is C10H5ClFN. The van der Waals surface area contributed by atoms with Crippen LogP contribution in [0.3, 0.4) is 0 Å². The maximum absolute atomic E-state index is 12.7. The second-order valence-electron chi connectivity index (χ2n) is 2.27. The predicted octanol–water partition coefficient (Wildman–Crippen LogP) is 2.74. The first kappa shape index (κ1) is 9.58. The molecule has 1 rings (SSSR count). The lowest BCUT2D eigenvalue weighted by atomic mass is 10.2. The third-order valence-corrected chi connectivity index (χ3v) is 1.61. The van der Waals surface area contributed by atoms with Gasteiger partial charge in [0.15, 0.2) is 0 Å². The summed E-state index contributed by atoms with van der Waals surface area (Å²) in [5, 5.41) is 8.25. The summed E-state index contributed by atoms with van der Waals surface area (Å²) < 4.78 is 12.7. The van der Waals surface area contributed by atoms with Gasteiger partial charge in [-0.15, -0.1) is 0 Å². The molecule has 1 aromatic rings. The quantitative estimate of drug-likeness (QED) is 0.582. The summed E-state index contributed by atoms with van der Waals surface area (Å²) in [7, 11) is 0. The lowest BCUT2D eigenvalue weighted by Gasteiger charge is -1.93. The number of nitriles is 1. The Balaban J connectivity index is 2.89. The van der Waals surface area contributed by atoms with Crippen LogP contribution in [0.25, 0.3) is 0 Å². The van der Waals surface area contributed by atoms with Crippen molar-refractivity contribution >= 4 is 11.6 Å². The molecule has 1 aromatic carbocycles. The smallest absolute Gasteiger partial charge is 0.141 e. The monoisotopic (exact) mass is 193 g/mol. The third-order valence-electron chi connectivity index (χ3n) is 1.32. The number of benzene rings is 1. The summed E-state index contributed by atoms with van der Waals surface area (Å²) in [5.41, 5.74) is 0.613. The van der Waals surface area contributed by atoms with E-state index in [2.05, 4.69) is 11.8 Å². The molecule has 0 atom stereocenters. The van der Waals surface area contributed by atoms with Crippen molar-refractivity contribution in [2.75, 3.05) is 0 Å². The molecule has 0 amide bonds. The Morgan fingerprint density at radius 3 is 2.85 bits per heavy atom. The SMILES string of the molecule is N#CCC#Cc1ccc(F)c(Cl)c1. The number of rotatable bonds is 0. The van der Waals surface area contributed by atoms with E-state index in [0.717, 1.165) is 0 Å². The van der Waals surface area contributed by atoms with Crippen LogP contribution in [0.4, 0.5) is 4.39 Å². The summed E-state index contributed by atoms with van der Waals surface area (Å²) in [6.45, 7) is 0. The number of hydrogen-bond donors (Lipinski definition) is 0. The minimum absolute atomic E-state index is 0.0451. The molecule has 0 saturated carbocycles. The van der Waals surface area contributed by atoms with Crippen molar-refractivity contribution in [2.45, 2.75) is 6.42 Å². The Morgan fingerprint density at radius 2 is 2.23 bits per heavy atom. The van der Waals surface area contributed by atoms with Gasteiger partial charge in [0.05, 0.1) is 17.5 Å². The van der Waals surface area contributed by atoms with Crippen molar-refractivity contribution < 1.29 is 4.39 Å². The minimum Gasteiger partial charge on any atom is -0.205 e. The molecule has 0 aliphatic rings. The molecule has 0 unspecified atom stereocenters. The largest absolute Gasteiger partial charge is 0.205 e. The molecule has 0 N–H and O–H groups in total. The lowest BCUT2D eigenvalue weighted by molar-refractivity contribution is 0.628. The van der Waals surface area contributed by atoms with Gasteiger partial charge in [-0.2, -0.15) is 5.26 Å². The first-order chi connectivity index (χ1) is 6.24. The van der Waals surface area contributed by atoms with Gasteiger partial charge in [-0.3, -0.25) is 0 Å². The topological polar surface area (TPSA) is 23.8 Å². The summed E-state index contributed by atoms with van der Waals surface area (Å²) in [6, 6.07) is 6.08. The van der Waals surface area contributed by atoms with Crippen molar-refractivity contribution in [1.82, 2.24) is 0 Å². The van der Waals surface area contributed by atoms with Crippen molar-refractivity contribution in [3.05, 3.63) is 34.6 Å². The van der Waals surface area contributed by atoms with Crippen LogP contribution < -0.4 is 0 Å². The van der Waals surface area contributed by atoms with Gasteiger partial charge >= 0.3 is 0 Å².